The van der Waals surface area contributed by atoms with Gasteiger partial charge in [0.15, 0.2) is 0 Å². The lowest BCUT2D eigenvalue weighted by Gasteiger charge is -2.35. The molecule has 2 aromatic rings. The molecule has 1 saturated heterocycles. The molecule has 0 saturated carbocycles. The summed E-state index contributed by atoms with van der Waals surface area (Å²) < 4.78 is 0. The minimum absolute atomic E-state index is 0.107. The largest absolute Gasteiger partial charge is 0.336 e. The molecule has 3 rings (SSSR count). The van der Waals surface area contributed by atoms with Crippen LogP contribution >= 0.6 is 0 Å². The highest BCUT2D eigenvalue weighted by molar-refractivity contribution is 6.00. The molecule has 2 N–H and O–H groups in total. The third kappa shape index (κ3) is 5.90. The van der Waals surface area contributed by atoms with Crippen LogP contribution in [0.1, 0.15) is 35.3 Å². The predicted octanol–water partition coefficient (Wildman–Crippen LogP) is 2.87. The van der Waals surface area contributed by atoms with Gasteiger partial charge in [-0.1, -0.05) is 29.8 Å². The van der Waals surface area contributed by atoms with Gasteiger partial charge in [0.25, 0.3) is 5.91 Å². The summed E-state index contributed by atoms with van der Waals surface area (Å²) in [6.07, 6.45) is 0. The van der Waals surface area contributed by atoms with Crippen LogP contribution in [0.3, 0.4) is 0 Å². The van der Waals surface area contributed by atoms with E-state index in [2.05, 4.69) is 46.7 Å². The van der Waals surface area contributed by atoms with Crippen LogP contribution in [-0.4, -0.2) is 53.7 Å². The summed E-state index contributed by atoms with van der Waals surface area (Å²) in [5.74, 6) is -0.583. The molecule has 0 atom stereocenters. The van der Waals surface area contributed by atoms with E-state index in [1.807, 2.05) is 4.90 Å². The fourth-order valence-corrected chi connectivity index (χ4v) is 3.66. The second-order valence-electron chi connectivity index (χ2n) is 7.72. The number of amides is 3. The minimum atomic E-state index is -0.238. The van der Waals surface area contributed by atoms with Crippen LogP contribution in [-0.2, 0) is 16.1 Å². The Morgan fingerprint density at radius 2 is 1.47 bits per heavy atom. The topological polar surface area (TPSA) is 81.8 Å². The third-order valence-corrected chi connectivity index (χ3v) is 4.97. The lowest BCUT2D eigenvalue weighted by molar-refractivity contribution is -0.115. The van der Waals surface area contributed by atoms with E-state index >= 15 is 0 Å². The van der Waals surface area contributed by atoms with Gasteiger partial charge >= 0.3 is 0 Å². The van der Waals surface area contributed by atoms with Gasteiger partial charge in [0.2, 0.25) is 11.8 Å². The lowest BCUT2D eigenvalue weighted by atomic mass is 10.1. The predicted molar refractivity (Wildman–Crippen MR) is 117 cm³/mol. The van der Waals surface area contributed by atoms with Crippen LogP contribution in [0, 0.1) is 6.92 Å². The first-order valence-electron chi connectivity index (χ1n) is 10.1. The quantitative estimate of drug-likeness (QED) is 0.797. The van der Waals surface area contributed by atoms with Crippen molar-refractivity contribution in [1.82, 2.24) is 9.80 Å². The zero-order valence-corrected chi connectivity index (χ0v) is 17.7. The average Bonchev–Trinajstić information content (AvgIpc) is 2.67. The van der Waals surface area contributed by atoms with Gasteiger partial charge in [-0.2, -0.15) is 0 Å². The van der Waals surface area contributed by atoms with Crippen molar-refractivity contribution in [2.45, 2.75) is 27.3 Å². The second-order valence-corrected chi connectivity index (χ2v) is 7.72. The molecule has 1 fully saturated rings. The van der Waals surface area contributed by atoms with Crippen LogP contribution in [0.4, 0.5) is 11.4 Å². The number of anilines is 2. The summed E-state index contributed by atoms with van der Waals surface area (Å²) in [4.78, 5) is 40.1. The number of rotatable bonds is 5. The zero-order valence-electron chi connectivity index (χ0n) is 17.7. The van der Waals surface area contributed by atoms with E-state index in [1.54, 1.807) is 18.2 Å². The van der Waals surface area contributed by atoms with Crippen LogP contribution in [0.5, 0.6) is 0 Å². The molecule has 158 valence electrons. The standard InChI is InChI=1S/C23H28N4O3/c1-16-5-4-6-19(11-16)15-26-7-9-27(10-8-26)23(30)20-12-21(24-17(2)28)14-22(13-20)25-18(3)29/h4-6,11-14H,7-10,15H2,1-3H3,(H,24,28)(H,25,29). The molecule has 0 aromatic heterocycles. The highest BCUT2D eigenvalue weighted by atomic mass is 16.2. The first-order valence-corrected chi connectivity index (χ1v) is 10.1. The molecule has 2 aromatic carbocycles. The summed E-state index contributed by atoms with van der Waals surface area (Å²) in [6.45, 7) is 8.61. The summed E-state index contributed by atoms with van der Waals surface area (Å²) in [7, 11) is 0. The van der Waals surface area contributed by atoms with Gasteiger partial charge in [0.05, 0.1) is 0 Å². The van der Waals surface area contributed by atoms with Gasteiger partial charge in [-0.15, -0.1) is 0 Å². The Hall–Kier alpha value is -3.19. The van der Waals surface area contributed by atoms with Crippen molar-refractivity contribution >= 4 is 29.1 Å². The Morgan fingerprint density at radius 3 is 2.00 bits per heavy atom. The van der Waals surface area contributed by atoms with Crippen LogP contribution in [0.2, 0.25) is 0 Å². The first-order chi connectivity index (χ1) is 14.3. The van der Waals surface area contributed by atoms with Gasteiger partial charge in [-0.3, -0.25) is 19.3 Å². The van der Waals surface area contributed by atoms with Crippen molar-refractivity contribution < 1.29 is 14.4 Å². The molecule has 7 nitrogen and oxygen atoms in total. The van der Waals surface area contributed by atoms with Crippen molar-refractivity contribution in [3.05, 3.63) is 59.2 Å². The van der Waals surface area contributed by atoms with E-state index in [0.29, 0.717) is 30.0 Å². The maximum absolute atomic E-state index is 13.1. The molecule has 7 heteroatoms. The maximum atomic E-state index is 13.1. The van der Waals surface area contributed by atoms with Crippen molar-refractivity contribution in [2.24, 2.45) is 0 Å². The number of hydrogen-bond donors (Lipinski definition) is 2. The van der Waals surface area contributed by atoms with Crippen LogP contribution in [0.15, 0.2) is 42.5 Å². The number of carbonyl (C=O) groups is 3. The van der Waals surface area contributed by atoms with Crippen molar-refractivity contribution in [3.63, 3.8) is 0 Å². The monoisotopic (exact) mass is 408 g/mol. The van der Waals surface area contributed by atoms with E-state index in [0.717, 1.165) is 19.6 Å². The number of nitrogens with one attached hydrogen (secondary N) is 2. The lowest BCUT2D eigenvalue weighted by Crippen LogP contribution is -2.48. The fraction of sp³-hybridized carbons (Fsp3) is 0.348. The highest BCUT2D eigenvalue weighted by Crippen LogP contribution is 2.21. The van der Waals surface area contributed by atoms with E-state index in [4.69, 9.17) is 0 Å². The molecule has 0 aliphatic carbocycles. The molecule has 1 aliphatic rings. The highest BCUT2D eigenvalue weighted by Gasteiger charge is 2.23. The number of nitrogens with zero attached hydrogens (tertiary/aromatic N) is 2. The first kappa shape index (κ1) is 21.5. The summed E-state index contributed by atoms with van der Waals surface area (Å²) in [5, 5.41) is 5.37. The smallest absolute Gasteiger partial charge is 0.254 e. The number of aryl methyl sites for hydroxylation is 1. The fourth-order valence-electron chi connectivity index (χ4n) is 3.66. The van der Waals surface area contributed by atoms with E-state index < -0.39 is 0 Å². The van der Waals surface area contributed by atoms with E-state index in [-0.39, 0.29) is 17.7 Å². The van der Waals surface area contributed by atoms with Gasteiger partial charge in [-0.25, -0.2) is 0 Å². The number of benzene rings is 2. The minimum Gasteiger partial charge on any atom is -0.336 e. The number of hydrogen-bond acceptors (Lipinski definition) is 4. The molecule has 1 aliphatic heterocycles. The maximum Gasteiger partial charge on any atom is 0.254 e. The molecular formula is C23H28N4O3. The molecule has 1 heterocycles. The molecule has 0 unspecified atom stereocenters. The molecule has 30 heavy (non-hydrogen) atoms. The molecular weight excluding hydrogens is 380 g/mol. The molecule has 3 amide bonds. The van der Waals surface area contributed by atoms with Crippen LogP contribution < -0.4 is 10.6 Å². The average molecular weight is 409 g/mol. The molecule has 0 spiro atoms. The number of piperazine rings is 1. The Morgan fingerprint density at radius 1 is 0.867 bits per heavy atom. The number of carbonyl (C=O) groups excluding carboxylic acids is 3. The SMILES string of the molecule is CC(=O)Nc1cc(NC(C)=O)cc(C(=O)N2CCN(Cc3cccc(C)c3)CC2)c1. The van der Waals surface area contributed by atoms with Gasteiger partial charge in [0.1, 0.15) is 0 Å². The van der Waals surface area contributed by atoms with Crippen molar-refractivity contribution in [1.29, 1.82) is 0 Å². The van der Waals surface area contributed by atoms with Gasteiger partial charge in [0, 0.05) is 63.5 Å². The molecule has 0 radical (unpaired) electrons. The summed E-state index contributed by atoms with van der Waals surface area (Å²) in [5.41, 5.74) is 3.93. The Bertz CT molecular complexity index is 915. The van der Waals surface area contributed by atoms with Gasteiger partial charge < -0.3 is 15.5 Å². The third-order valence-electron chi connectivity index (χ3n) is 4.97. The second kappa shape index (κ2) is 9.54. The van der Waals surface area contributed by atoms with Gasteiger partial charge in [-0.05, 0) is 30.7 Å². The Kier molecular flexibility index (Phi) is 6.84. The summed E-state index contributed by atoms with van der Waals surface area (Å²) in [6, 6.07) is 13.4. The Balaban J connectivity index is 1.67. The van der Waals surface area contributed by atoms with Crippen LogP contribution in [0.25, 0.3) is 0 Å². The normalized spacial score (nSPS) is 14.3. The van der Waals surface area contributed by atoms with E-state index in [9.17, 15) is 14.4 Å². The zero-order chi connectivity index (χ0) is 21.7. The van der Waals surface area contributed by atoms with E-state index in [1.165, 1.54) is 25.0 Å². The Labute approximate surface area is 177 Å². The van der Waals surface area contributed by atoms with Crippen molar-refractivity contribution in [3.8, 4) is 0 Å². The van der Waals surface area contributed by atoms with Crippen molar-refractivity contribution in [2.75, 3.05) is 36.8 Å². The molecule has 0 bridgehead atoms. The summed E-state index contributed by atoms with van der Waals surface area (Å²) >= 11 is 0.